The smallest absolute Gasteiger partial charge is 0.339 e. The summed E-state index contributed by atoms with van der Waals surface area (Å²) in [7, 11) is 0. The van der Waals surface area contributed by atoms with Crippen LogP contribution in [-0.2, 0) is 16.1 Å². The Balaban J connectivity index is 1.70. The van der Waals surface area contributed by atoms with Crippen LogP contribution in [-0.4, -0.2) is 11.9 Å². The van der Waals surface area contributed by atoms with Gasteiger partial charge in [-0.15, -0.1) is 0 Å². The Morgan fingerprint density at radius 1 is 0.852 bits per heavy atom. The standard InChI is InChI=1S/C22H19NO4/c23-21(24)20(17-10-5-2-6-11-17)27-22(25)18-12-7-13-19(14-18)26-15-16-8-3-1-4-9-16/h1-14,20H,15H2,(H2,23,24). The lowest BCUT2D eigenvalue weighted by atomic mass is 10.1. The van der Waals surface area contributed by atoms with E-state index in [-0.39, 0.29) is 5.56 Å². The van der Waals surface area contributed by atoms with Crippen molar-refractivity contribution in [2.24, 2.45) is 5.73 Å². The Bertz CT molecular complexity index is 910. The number of carbonyl (C=O) groups excluding carboxylic acids is 2. The van der Waals surface area contributed by atoms with Crippen LogP contribution in [0.5, 0.6) is 5.75 Å². The van der Waals surface area contributed by atoms with Crippen LogP contribution in [0.3, 0.4) is 0 Å². The topological polar surface area (TPSA) is 78.6 Å². The first-order valence-electron chi connectivity index (χ1n) is 8.45. The van der Waals surface area contributed by atoms with Crippen molar-refractivity contribution >= 4 is 11.9 Å². The quantitative estimate of drug-likeness (QED) is 0.652. The maximum Gasteiger partial charge on any atom is 0.339 e. The summed E-state index contributed by atoms with van der Waals surface area (Å²) in [5.41, 5.74) is 7.22. The summed E-state index contributed by atoms with van der Waals surface area (Å²) in [6.07, 6.45) is -1.15. The third kappa shape index (κ3) is 4.95. The summed E-state index contributed by atoms with van der Waals surface area (Å²) in [5, 5.41) is 0. The van der Waals surface area contributed by atoms with Gasteiger partial charge in [0.05, 0.1) is 5.56 Å². The zero-order valence-electron chi connectivity index (χ0n) is 14.6. The molecule has 5 heteroatoms. The molecule has 1 unspecified atom stereocenters. The summed E-state index contributed by atoms with van der Waals surface area (Å²) in [6.45, 7) is 0.382. The van der Waals surface area contributed by atoms with E-state index >= 15 is 0 Å². The van der Waals surface area contributed by atoms with Crippen LogP contribution < -0.4 is 10.5 Å². The second-order valence-corrected chi connectivity index (χ2v) is 5.90. The molecule has 27 heavy (non-hydrogen) atoms. The second kappa shape index (κ2) is 8.67. The number of esters is 1. The minimum atomic E-state index is -1.15. The number of nitrogens with two attached hydrogens (primary N) is 1. The first-order chi connectivity index (χ1) is 13.1. The lowest BCUT2D eigenvalue weighted by Crippen LogP contribution is -2.26. The molecule has 3 rings (SSSR count). The average Bonchev–Trinajstić information content (AvgIpc) is 2.71. The van der Waals surface area contributed by atoms with Crippen molar-refractivity contribution in [1.82, 2.24) is 0 Å². The van der Waals surface area contributed by atoms with E-state index in [4.69, 9.17) is 15.2 Å². The number of rotatable bonds is 7. The van der Waals surface area contributed by atoms with E-state index in [0.717, 1.165) is 5.56 Å². The summed E-state index contributed by atoms with van der Waals surface area (Å²) in [6, 6.07) is 25.0. The predicted octanol–water partition coefficient (Wildman–Crippen LogP) is 3.65. The van der Waals surface area contributed by atoms with Crippen molar-refractivity contribution in [2.45, 2.75) is 12.7 Å². The van der Waals surface area contributed by atoms with E-state index in [2.05, 4.69) is 0 Å². The maximum atomic E-state index is 12.5. The SMILES string of the molecule is NC(=O)C(OC(=O)c1cccc(OCc2ccccc2)c1)c1ccccc1. The Hall–Kier alpha value is -3.60. The number of amides is 1. The van der Waals surface area contributed by atoms with Gasteiger partial charge in [-0.3, -0.25) is 4.79 Å². The van der Waals surface area contributed by atoms with Gasteiger partial charge in [0.25, 0.3) is 5.91 Å². The Morgan fingerprint density at radius 2 is 1.52 bits per heavy atom. The van der Waals surface area contributed by atoms with Crippen molar-refractivity contribution in [3.05, 3.63) is 102 Å². The first kappa shape index (κ1) is 18.2. The van der Waals surface area contributed by atoms with Crippen LogP contribution in [0.25, 0.3) is 0 Å². The normalized spacial score (nSPS) is 11.4. The summed E-state index contributed by atoms with van der Waals surface area (Å²) in [5.74, 6) is -0.845. The van der Waals surface area contributed by atoms with Crippen molar-refractivity contribution in [2.75, 3.05) is 0 Å². The zero-order chi connectivity index (χ0) is 19.1. The Kier molecular flexibility index (Phi) is 5.84. The van der Waals surface area contributed by atoms with E-state index in [1.165, 1.54) is 0 Å². The van der Waals surface area contributed by atoms with Crippen LogP contribution in [0, 0.1) is 0 Å². The molecule has 5 nitrogen and oxygen atoms in total. The summed E-state index contributed by atoms with van der Waals surface area (Å²) in [4.78, 5) is 24.2. The molecule has 2 N–H and O–H groups in total. The van der Waals surface area contributed by atoms with Crippen LogP contribution >= 0.6 is 0 Å². The van der Waals surface area contributed by atoms with Gasteiger partial charge in [0.15, 0.2) is 0 Å². The largest absolute Gasteiger partial charge is 0.489 e. The predicted molar refractivity (Wildman–Crippen MR) is 101 cm³/mol. The van der Waals surface area contributed by atoms with Crippen LogP contribution in [0.2, 0.25) is 0 Å². The molecule has 3 aromatic carbocycles. The number of ether oxygens (including phenoxy) is 2. The van der Waals surface area contributed by atoms with E-state index in [0.29, 0.717) is 17.9 Å². The summed E-state index contributed by atoms with van der Waals surface area (Å²) >= 11 is 0. The lowest BCUT2D eigenvalue weighted by Gasteiger charge is -2.15. The van der Waals surface area contributed by atoms with Crippen LogP contribution in [0.15, 0.2) is 84.9 Å². The van der Waals surface area contributed by atoms with Gasteiger partial charge in [0.2, 0.25) is 6.10 Å². The fourth-order valence-corrected chi connectivity index (χ4v) is 2.55. The van der Waals surface area contributed by atoms with Crippen molar-refractivity contribution in [1.29, 1.82) is 0 Å². The molecule has 1 atom stereocenters. The van der Waals surface area contributed by atoms with Crippen LogP contribution in [0.4, 0.5) is 0 Å². The molecule has 0 aliphatic carbocycles. The molecule has 0 spiro atoms. The average molecular weight is 361 g/mol. The first-order valence-corrected chi connectivity index (χ1v) is 8.45. The molecule has 0 saturated carbocycles. The molecule has 0 heterocycles. The third-order valence-electron chi connectivity index (χ3n) is 3.90. The molecule has 0 fully saturated rings. The fraction of sp³-hybridized carbons (Fsp3) is 0.0909. The molecular formula is C22H19NO4. The minimum Gasteiger partial charge on any atom is -0.489 e. The van der Waals surface area contributed by atoms with Gasteiger partial charge < -0.3 is 15.2 Å². The Morgan fingerprint density at radius 3 is 2.19 bits per heavy atom. The Labute approximate surface area is 157 Å². The third-order valence-corrected chi connectivity index (χ3v) is 3.90. The van der Waals surface area contributed by atoms with Crippen molar-refractivity contribution in [3.63, 3.8) is 0 Å². The van der Waals surface area contributed by atoms with Gasteiger partial charge in [0.1, 0.15) is 12.4 Å². The molecule has 0 saturated heterocycles. The highest BCUT2D eigenvalue weighted by Gasteiger charge is 2.23. The summed E-state index contributed by atoms with van der Waals surface area (Å²) < 4.78 is 11.1. The molecule has 0 aliphatic rings. The van der Waals surface area contributed by atoms with Gasteiger partial charge in [-0.25, -0.2) is 4.79 Å². The lowest BCUT2D eigenvalue weighted by molar-refractivity contribution is -0.127. The molecular weight excluding hydrogens is 342 g/mol. The van der Waals surface area contributed by atoms with Gasteiger partial charge in [0, 0.05) is 5.56 Å². The number of benzene rings is 3. The van der Waals surface area contributed by atoms with Gasteiger partial charge >= 0.3 is 5.97 Å². The van der Waals surface area contributed by atoms with E-state index in [1.54, 1.807) is 54.6 Å². The van der Waals surface area contributed by atoms with E-state index < -0.39 is 18.0 Å². The highest BCUT2D eigenvalue weighted by molar-refractivity contribution is 5.92. The molecule has 0 aromatic heterocycles. The van der Waals surface area contributed by atoms with E-state index in [1.807, 2.05) is 30.3 Å². The van der Waals surface area contributed by atoms with Gasteiger partial charge in [-0.05, 0) is 23.8 Å². The highest BCUT2D eigenvalue weighted by atomic mass is 16.5. The van der Waals surface area contributed by atoms with Gasteiger partial charge in [-0.1, -0.05) is 66.7 Å². The maximum absolute atomic E-state index is 12.5. The zero-order valence-corrected chi connectivity index (χ0v) is 14.6. The van der Waals surface area contributed by atoms with Crippen molar-refractivity contribution < 1.29 is 19.1 Å². The number of hydrogen-bond donors (Lipinski definition) is 1. The van der Waals surface area contributed by atoms with Gasteiger partial charge in [-0.2, -0.15) is 0 Å². The molecule has 136 valence electrons. The molecule has 3 aromatic rings. The number of hydrogen-bond acceptors (Lipinski definition) is 4. The van der Waals surface area contributed by atoms with Crippen molar-refractivity contribution in [3.8, 4) is 5.75 Å². The minimum absolute atomic E-state index is 0.280. The molecule has 1 amide bonds. The molecule has 0 radical (unpaired) electrons. The van der Waals surface area contributed by atoms with Crippen LogP contribution in [0.1, 0.15) is 27.6 Å². The monoisotopic (exact) mass is 361 g/mol. The second-order valence-electron chi connectivity index (χ2n) is 5.90. The highest BCUT2D eigenvalue weighted by Crippen LogP contribution is 2.21. The molecule has 0 bridgehead atoms. The number of carbonyl (C=O) groups is 2. The molecule has 0 aliphatic heterocycles. The fourth-order valence-electron chi connectivity index (χ4n) is 2.55. The number of primary amides is 1. The van der Waals surface area contributed by atoms with E-state index in [9.17, 15) is 9.59 Å².